The summed E-state index contributed by atoms with van der Waals surface area (Å²) in [5.41, 5.74) is 1.28. The van der Waals surface area contributed by atoms with Crippen LogP contribution in [-0.2, 0) is 16.0 Å². The van der Waals surface area contributed by atoms with Crippen LogP contribution in [0.3, 0.4) is 0 Å². The number of methoxy groups -OCH3 is 2. The minimum absolute atomic E-state index is 0.0770. The summed E-state index contributed by atoms with van der Waals surface area (Å²) in [4.78, 5) is 22.5. The molecule has 28 heavy (non-hydrogen) atoms. The Hall–Kier alpha value is -3.13. The van der Waals surface area contributed by atoms with Gasteiger partial charge in [-0.1, -0.05) is 6.07 Å². The van der Waals surface area contributed by atoms with Crippen molar-refractivity contribution in [1.29, 1.82) is 0 Å². The molecule has 1 fully saturated rings. The summed E-state index contributed by atoms with van der Waals surface area (Å²) in [7, 11) is 3.10. The number of hydrogen-bond donors (Lipinski definition) is 1. The molecule has 2 aromatic rings. The van der Waals surface area contributed by atoms with E-state index in [1.165, 1.54) is 24.3 Å². The summed E-state index contributed by atoms with van der Waals surface area (Å²) in [5.74, 6) is -0.285. The number of aliphatic hydroxyl groups is 1. The van der Waals surface area contributed by atoms with Crippen LogP contribution in [0.5, 0.6) is 11.5 Å². The molecule has 3 rings (SSSR count). The highest BCUT2D eigenvalue weighted by molar-refractivity contribution is 5.75. The number of carbonyl (C=O) groups excluding carboxylic acids is 1. The number of cyclic esters (lactones) is 1. The highest BCUT2D eigenvalue weighted by Gasteiger charge is 2.42. The lowest BCUT2D eigenvalue weighted by Crippen LogP contribution is -2.25. The van der Waals surface area contributed by atoms with Crippen LogP contribution in [0.1, 0.15) is 17.2 Å². The Kier molecular flexibility index (Phi) is 5.79. The van der Waals surface area contributed by atoms with Crippen LogP contribution in [0.25, 0.3) is 0 Å². The van der Waals surface area contributed by atoms with Gasteiger partial charge in [0.15, 0.2) is 11.5 Å². The van der Waals surface area contributed by atoms with Gasteiger partial charge in [0.05, 0.1) is 37.8 Å². The maximum absolute atomic E-state index is 12.3. The van der Waals surface area contributed by atoms with Crippen LogP contribution in [0, 0.1) is 22.0 Å². The Balaban J connectivity index is 1.80. The van der Waals surface area contributed by atoms with Gasteiger partial charge >= 0.3 is 5.97 Å². The highest BCUT2D eigenvalue weighted by atomic mass is 16.6. The molecule has 1 saturated heterocycles. The molecule has 0 aliphatic carbocycles. The summed E-state index contributed by atoms with van der Waals surface area (Å²) in [5, 5.41) is 21.5. The van der Waals surface area contributed by atoms with Crippen LogP contribution in [0.2, 0.25) is 0 Å². The zero-order chi connectivity index (χ0) is 20.3. The van der Waals surface area contributed by atoms with Gasteiger partial charge in [0, 0.05) is 18.1 Å². The molecule has 0 aromatic heterocycles. The molecule has 2 aromatic carbocycles. The van der Waals surface area contributed by atoms with Crippen molar-refractivity contribution in [3.05, 3.63) is 63.7 Å². The van der Waals surface area contributed by atoms with Gasteiger partial charge in [0.25, 0.3) is 5.69 Å². The number of nitrogens with zero attached hydrogens (tertiary/aromatic N) is 1. The second-order valence-corrected chi connectivity index (χ2v) is 6.60. The van der Waals surface area contributed by atoms with Gasteiger partial charge < -0.3 is 19.3 Å². The molecule has 0 spiro atoms. The average molecular weight is 387 g/mol. The summed E-state index contributed by atoms with van der Waals surface area (Å²) >= 11 is 0. The first kappa shape index (κ1) is 19.6. The zero-order valence-electron chi connectivity index (χ0n) is 15.5. The first-order chi connectivity index (χ1) is 13.4. The molecular formula is C20H21NO7. The monoisotopic (exact) mass is 387 g/mol. The van der Waals surface area contributed by atoms with E-state index in [4.69, 9.17) is 14.2 Å². The summed E-state index contributed by atoms with van der Waals surface area (Å²) in [6, 6.07) is 11.0. The van der Waals surface area contributed by atoms with Crippen molar-refractivity contribution in [2.75, 3.05) is 20.8 Å². The first-order valence-electron chi connectivity index (χ1n) is 8.74. The van der Waals surface area contributed by atoms with E-state index in [-0.39, 0.29) is 18.2 Å². The lowest BCUT2D eigenvalue weighted by molar-refractivity contribution is -0.384. The van der Waals surface area contributed by atoms with E-state index in [0.29, 0.717) is 23.5 Å². The maximum Gasteiger partial charge on any atom is 0.312 e. The normalized spacial score (nSPS) is 19.8. The molecule has 1 aliphatic rings. The van der Waals surface area contributed by atoms with Crippen LogP contribution < -0.4 is 9.47 Å². The number of esters is 1. The van der Waals surface area contributed by atoms with Gasteiger partial charge in [-0.3, -0.25) is 14.9 Å². The number of nitro groups is 1. The molecule has 0 amide bonds. The van der Waals surface area contributed by atoms with Gasteiger partial charge in [-0.2, -0.15) is 0 Å². The number of nitro benzene ring substituents is 1. The molecule has 1 N–H and O–H groups in total. The number of hydrogen-bond acceptors (Lipinski definition) is 7. The lowest BCUT2D eigenvalue weighted by atomic mass is 9.83. The highest BCUT2D eigenvalue weighted by Crippen LogP contribution is 2.37. The van der Waals surface area contributed by atoms with E-state index in [1.54, 1.807) is 20.3 Å². The van der Waals surface area contributed by atoms with Crippen molar-refractivity contribution < 1.29 is 29.0 Å². The van der Waals surface area contributed by atoms with Gasteiger partial charge in [0.2, 0.25) is 0 Å². The molecular weight excluding hydrogens is 366 g/mol. The van der Waals surface area contributed by atoms with Crippen LogP contribution in [0.15, 0.2) is 42.5 Å². The molecule has 1 heterocycles. The van der Waals surface area contributed by atoms with Crippen molar-refractivity contribution in [1.82, 2.24) is 0 Å². The Morgan fingerprint density at radius 2 is 1.86 bits per heavy atom. The number of rotatable bonds is 7. The minimum atomic E-state index is -1.11. The van der Waals surface area contributed by atoms with Crippen LogP contribution >= 0.6 is 0 Å². The Morgan fingerprint density at radius 1 is 1.18 bits per heavy atom. The fourth-order valence-electron chi connectivity index (χ4n) is 3.47. The van der Waals surface area contributed by atoms with Gasteiger partial charge in [-0.15, -0.1) is 0 Å². The van der Waals surface area contributed by atoms with E-state index < -0.39 is 22.9 Å². The third kappa shape index (κ3) is 3.91. The molecule has 0 bridgehead atoms. The molecule has 148 valence electrons. The summed E-state index contributed by atoms with van der Waals surface area (Å²) in [6.45, 7) is 0.196. The molecule has 1 aliphatic heterocycles. The second-order valence-electron chi connectivity index (χ2n) is 6.60. The van der Waals surface area contributed by atoms with E-state index in [0.717, 1.165) is 5.56 Å². The Bertz CT molecular complexity index is 865. The predicted octanol–water partition coefficient (Wildman–Crippen LogP) is 2.68. The lowest BCUT2D eigenvalue weighted by Gasteiger charge is -2.21. The molecule has 0 radical (unpaired) electrons. The van der Waals surface area contributed by atoms with Crippen molar-refractivity contribution in [2.45, 2.75) is 12.5 Å². The number of ether oxygens (including phenoxy) is 3. The van der Waals surface area contributed by atoms with E-state index >= 15 is 0 Å². The van der Waals surface area contributed by atoms with Gasteiger partial charge in [0.1, 0.15) is 0 Å². The number of benzene rings is 2. The standard InChI is InChI=1S/C20H21NO7/c1-26-16-8-3-12(10-17(16)27-2)9-14-11-28-20(23)18(14)19(22)13-4-6-15(7-5-13)21(24)25/h3-8,10,14,18-19,22H,9,11H2,1-2H3/t14-,18?,19?/m0/s1. The quantitative estimate of drug-likeness (QED) is 0.442. The third-order valence-electron chi connectivity index (χ3n) is 4.95. The Morgan fingerprint density at radius 3 is 2.46 bits per heavy atom. The number of aliphatic hydroxyl groups excluding tert-OH is 1. The topological polar surface area (TPSA) is 108 Å². The summed E-state index contributed by atoms with van der Waals surface area (Å²) in [6.07, 6.45) is -0.609. The number of non-ortho nitro benzene ring substituents is 1. The second kappa shape index (κ2) is 8.26. The van der Waals surface area contributed by atoms with Crippen LogP contribution in [-0.4, -0.2) is 36.8 Å². The fourth-order valence-corrected chi connectivity index (χ4v) is 3.47. The van der Waals surface area contributed by atoms with E-state index in [2.05, 4.69) is 0 Å². The Labute approximate surface area is 161 Å². The van der Waals surface area contributed by atoms with E-state index in [1.807, 2.05) is 12.1 Å². The molecule has 8 nitrogen and oxygen atoms in total. The smallest absolute Gasteiger partial charge is 0.312 e. The fraction of sp³-hybridized carbons (Fsp3) is 0.350. The summed E-state index contributed by atoms with van der Waals surface area (Å²) < 4.78 is 15.7. The SMILES string of the molecule is COc1ccc(C[C@H]2COC(=O)C2C(O)c2ccc([N+](=O)[O-])cc2)cc1OC. The maximum atomic E-state index is 12.3. The van der Waals surface area contributed by atoms with Crippen molar-refractivity contribution in [3.8, 4) is 11.5 Å². The molecule has 0 saturated carbocycles. The number of carbonyl (C=O) groups is 1. The van der Waals surface area contributed by atoms with Gasteiger partial charge in [-0.05, 0) is 41.8 Å². The van der Waals surface area contributed by atoms with Crippen LogP contribution in [0.4, 0.5) is 5.69 Å². The van der Waals surface area contributed by atoms with E-state index in [9.17, 15) is 20.0 Å². The minimum Gasteiger partial charge on any atom is -0.493 e. The zero-order valence-corrected chi connectivity index (χ0v) is 15.5. The predicted molar refractivity (Wildman–Crippen MR) is 99.2 cm³/mol. The molecule has 2 unspecified atom stereocenters. The van der Waals surface area contributed by atoms with Crippen molar-refractivity contribution in [3.63, 3.8) is 0 Å². The first-order valence-corrected chi connectivity index (χ1v) is 8.74. The van der Waals surface area contributed by atoms with Gasteiger partial charge in [-0.25, -0.2) is 0 Å². The van der Waals surface area contributed by atoms with Crippen molar-refractivity contribution in [2.24, 2.45) is 11.8 Å². The van der Waals surface area contributed by atoms with Crippen molar-refractivity contribution >= 4 is 11.7 Å². The third-order valence-corrected chi connectivity index (χ3v) is 4.95. The molecule has 3 atom stereocenters. The molecule has 8 heteroatoms. The average Bonchev–Trinajstić information content (AvgIpc) is 3.07. The largest absolute Gasteiger partial charge is 0.493 e.